The largest absolute Gasteiger partial charge is 0.466 e. The Balaban J connectivity index is 1.76. The molecule has 2 fully saturated rings. The zero-order valence-electron chi connectivity index (χ0n) is 23.6. The van der Waals surface area contributed by atoms with Crippen LogP contribution < -0.4 is 5.48 Å². The van der Waals surface area contributed by atoms with Gasteiger partial charge in [-0.1, -0.05) is 0 Å². The summed E-state index contributed by atoms with van der Waals surface area (Å²) in [5, 5.41) is -0.500. The van der Waals surface area contributed by atoms with Crippen LogP contribution in [0.4, 0.5) is 26.3 Å². The number of rotatable bonds is 12. The van der Waals surface area contributed by atoms with Crippen molar-refractivity contribution in [2.45, 2.75) is 81.4 Å². The van der Waals surface area contributed by atoms with Crippen LogP contribution in [-0.2, 0) is 38.1 Å². The zero-order valence-corrected chi connectivity index (χ0v) is 25.1. The molecule has 240 valence electrons. The molecule has 1 saturated heterocycles. The van der Waals surface area contributed by atoms with Crippen LogP contribution in [0, 0.1) is 17.8 Å². The molecule has 0 amide bonds. The highest BCUT2D eigenvalue weighted by atomic mass is 35.5. The van der Waals surface area contributed by atoms with Gasteiger partial charge in [0.15, 0.2) is 0 Å². The van der Waals surface area contributed by atoms with Crippen LogP contribution in [0.2, 0.25) is 0 Å². The quantitative estimate of drug-likeness (QED) is 0.0863. The first-order valence-corrected chi connectivity index (χ1v) is 15.0. The van der Waals surface area contributed by atoms with Gasteiger partial charge in [0.25, 0.3) is 0 Å². The molecule has 6 nitrogen and oxygen atoms in total. The Morgan fingerprint density at radius 3 is 2.14 bits per heavy atom. The van der Waals surface area contributed by atoms with Crippen LogP contribution in [0.15, 0.2) is 18.2 Å². The minimum absolute atomic E-state index is 0.0134. The van der Waals surface area contributed by atoms with E-state index >= 15 is 0 Å². The molecule has 1 aliphatic heterocycles. The van der Waals surface area contributed by atoms with E-state index in [-0.39, 0.29) is 46.1 Å². The molecule has 1 heterocycles. The fraction of sp³-hybridized carbons (Fsp3) is 0.750. The van der Waals surface area contributed by atoms with Crippen LogP contribution in [0.25, 0.3) is 0 Å². The van der Waals surface area contributed by atoms with Crippen LogP contribution in [0.3, 0.4) is 0 Å². The van der Waals surface area contributed by atoms with Gasteiger partial charge in [0, 0.05) is 11.3 Å². The highest BCUT2D eigenvalue weighted by Gasteiger charge is 2.39. The molecule has 5 unspecified atom stereocenters. The number of carbonyl (C=O) groups is 1. The summed E-state index contributed by atoms with van der Waals surface area (Å²) in [5.74, 6) is -0.569. The van der Waals surface area contributed by atoms with E-state index in [2.05, 4.69) is 10.4 Å². The number of hydroxylamine groups is 1. The standard InChI is InChI=1S/C28H38Cl2F6N2O4/c1-3-41-26(39)18-6-9-38(10-7-18)11-8-22(19-4-5-23(29)24(30)14-19)25(37-40-2)42-16-17-12-20(27(31,32)33)15-21(13-17)28(34,35)36/h12-13,15,18-19,22-25,37H,3-11,14,16H2,1-2H3. The predicted octanol–water partition coefficient (Wildman–Crippen LogP) is 7.01. The second kappa shape index (κ2) is 15.6. The summed E-state index contributed by atoms with van der Waals surface area (Å²) < 4.78 is 91.4. The Kier molecular flexibility index (Phi) is 13.1. The van der Waals surface area contributed by atoms with E-state index in [0.29, 0.717) is 70.5 Å². The second-order valence-electron chi connectivity index (χ2n) is 10.9. The molecule has 0 spiro atoms. The highest BCUT2D eigenvalue weighted by Crippen LogP contribution is 2.40. The molecule has 0 radical (unpaired) electrons. The van der Waals surface area contributed by atoms with Gasteiger partial charge in [-0.05, 0) is 94.8 Å². The zero-order chi connectivity index (χ0) is 31.1. The minimum atomic E-state index is -4.96. The maximum Gasteiger partial charge on any atom is 0.416 e. The molecule has 0 bridgehead atoms. The number of esters is 1. The van der Waals surface area contributed by atoms with Crippen molar-refractivity contribution in [3.8, 4) is 0 Å². The van der Waals surface area contributed by atoms with Crippen LogP contribution >= 0.6 is 23.2 Å². The predicted molar refractivity (Wildman–Crippen MR) is 146 cm³/mol. The van der Waals surface area contributed by atoms with Gasteiger partial charge in [-0.3, -0.25) is 4.79 Å². The van der Waals surface area contributed by atoms with Crippen molar-refractivity contribution in [3.63, 3.8) is 0 Å². The molecular weight excluding hydrogens is 613 g/mol. The number of halogens is 8. The van der Waals surface area contributed by atoms with Gasteiger partial charge in [-0.25, -0.2) is 0 Å². The fourth-order valence-corrected chi connectivity index (χ4v) is 6.35. The fourth-order valence-electron chi connectivity index (χ4n) is 5.77. The second-order valence-corrected chi connectivity index (χ2v) is 12.0. The number of piperidine rings is 1. The lowest BCUT2D eigenvalue weighted by Crippen LogP contribution is -2.46. The summed E-state index contributed by atoms with van der Waals surface area (Å²) in [4.78, 5) is 19.5. The lowest BCUT2D eigenvalue weighted by Gasteiger charge is -2.40. The number of carbonyl (C=O) groups excluding carboxylic acids is 1. The number of hydrogen-bond donors (Lipinski definition) is 1. The van der Waals surface area contributed by atoms with Crippen LogP contribution in [-0.4, -0.2) is 61.2 Å². The molecular formula is C28H38Cl2F6N2O4. The molecule has 1 saturated carbocycles. The molecule has 1 N–H and O–H groups in total. The SMILES string of the molecule is CCOC(=O)C1CCN(CCC(C2CCC(Cl)C(Cl)C2)C(NOC)OCc2cc(C(F)(F)F)cc(C(F)(F)F)c2)CC1. The van der Waals surface area contributed by atoms with Crippen molar-refractivity contribution >= 4 is 29.2 Å². The van der Waals surface area contributed by atoms with Crippen LogP contribution in [0.5, 0.6) is 0 Å². The summed E-state index contributed by atoms with van der Waals surface area (Å²) >= 11 is 12.9. The Morgan fingerprint density at radius 1 is 1.00 bits per heavy atom. The number of nitrogens with one attached hydrogen (secondary N) is 1. The lowest BCUT2D eigenvalue weighted by molar-refractivity contribution is -0.149. The van der Waals surface area contributed by atoms with Gasteiger partial charge >= 0.3 is 18.3 Å². The summed E-state index contributed by atoms with van der Waals surface area (Å²) in [6.07, 6.45) is -6.91. The number of alkyl halides is 8. The summed E-state index contributed by atoms with van der Waals surface area (Å²) in [5.41, 5.74) is -0.302. The van der Waals surface area contributed by atoms with E-state index < -0.39 is 36.3 Å². The summed E-state index contributed by atoms with van der Waals surface area (Å²) in [7, 11) is 1.36. The van der Waals surface area contributed by atoms with Gasteiger partial charge in [-0.2, -0.15) is 31.8 Å². The van der Waals surface area contributed by atoms with E-state index in [9.17, 15) is 31.1 Å². The van der Waals surface area contributed by atoms with Crippen molar-refractivity contribution in [2.75, 3.05) is 33.4 Å². The van der Waals surface area contributed by atoms with Crippen LogP contribution in [0.1, 0.15) is 62.1 Å². The van der Waals surface area contributed by atoms with E-state index in [1.807, 2.05) is 0 Å². The Bertz CT molecular complexity index is 975. The van der Waals surface area contributed by atoms with Crippen molar-refractivity contribution in [1.29, 1.82) is 0 Å². The Labute approximate surface area is 252 Å². The molecule has 1 aromatic rings. The Morgan fingerprint density at radius 2 is 1.62 bits per heavy atom. The summed E-state index contributed by atoms with van der Waals surface area (Å²) in [6, 6.07) is 1.41. The van der Waals surface area contributed by atoms with Crippen molar-refractivity contribution in [1.82, 2.24) is 10.4 Å². The first-order chi connectivity index (χ1) is 19.7. The molecule has 1 aromatic carbocycles. The van der Waals surface area contributed by atoms with Crippen molar-refractivity contribution in [3.05, 3.63) is 34.9 Å². The van der Waals surface area contributed by atoms with Gasteiger partial charge in [-0.15, -0.1) is 23.2 Å². The number of nitrogens with zero attached hydrogens (tertiary/aromatic N) is 1. The van der Waals surface area contributed by atoms with Crippen molar-refractivity contribution < 1.29 is 45.4 Å². The molecule has 3 rings (SSSR count). The van der Waals surface area contributed by atoms with E-state index in [0.717, 1.165) is 6.42 Å². The topological polar surface area (TPSA) is 60.0 Å². The molecule has 42 heavy (non-hydrogen) atoms. The number of hydrogen-bond acceptors (Lipinski definition) is 6. The normalized spacial score (nSPS) is 24.4. The van der Waals surface area contributed by atoms with E-state index in [1.54, 1.807) is 6.92 Å². The van der Waals surface area contributed by atoms with Gasteiger partial charge < -0.3 is 19.2 Å². The average Bonchev–Trinajstić information content (AvgIpc) is 2.93. The Hall–Kier alpha value is -1.31. The minimum Gasteiger partial charge on any atom is -0.466 e. The van der Waals surface area contributed by atoms with E-state index in [4.69, 9.17) is 37.5 Å². The smallest absolute Gasteiger partial charge is 0.416 e. The number of likely N-dealkylation sites (tertiary alicyclic amines) is 1. The first kappa shape index (κ1) is 35.2. The van der Waals surface area contributed by atoms with Gasteiger partial charge in [0.1, 0.15) is 6.23 Å². The first-order valence-electron chi connectivity index (χ1n) is 14.1. The third kappa shape index (κ3) is 10.1. The lowest BCUT2D eigenvalue weighted by atomic mass is 9.77. The molecule has 2 aliphatic rings. The molecule has 14 heteroatoms. The summed E-state index contributed by atoms with van der Waals surface area (Å²) in [6.45, 7) is 3.61. The molecule has 5 atom stereocenters. The monoisotopic (exact) mass is 650 g/mol. The number of benzene rings is 1. The van der Waals surface area contributed by atoms with Crippen molar-refractivity contribution in [2.24, 2.45) is 17.8 Å². The third-order valence-corrected chi connectivity index (χ3v) is 9.16. The molecule has 1 aliphatic carbocycles. The highest BCUT2D eigenvalue weighted by molar-refractivity contribution is 6.30. The number of ether oxygens (including phenoxy) is 2. The van der Waals surface area contributed by atoms with Gasteiger partial charge in [0.2, 0.25) is 0 Å². The maximum atomic E-state index is 13.4. The average molecular weight is 652 g/mol. The van der Waals surface area contributed by atoms with E-state index in [1.165, 1.54) is 7.11 Å². The third-order valence-electron chi connectivity index (χ3n) is 8.03. The van der Waals surface area contributed by atoms with Gasteiger partial charge in [0.05, 0.1) is 42.7 Å². The molecule has 0 aromatic heterocycles. The maximum absolute atomic E-state index is 13.4.